The van der Waals surface area contributed by atoms with Crippen LogP contribution in [0.15, 0.2) is 18.2 Å². The summed E-state index contributed by atoms with van der Waals surface area (Å²) < 4.78 is 26.6. The van der Waals surface area contributed by atoms with Gasteiger partial charge in [0.1, 0.15) is 0 Å². The van der Waals surface area contributed by atoms with Crippen LogP contribution in [0.5, 0.6) is 0 Å². The summed E-state index contributed by atoms with van der Waals surface area (Å²) in [6.07, 6.45) is 1.69. The first-order valence-corrected chi connectivity index (χ1v) is 6.94. The van der Waals surface area contributed by atoms with Gasteiger partial charge in [-0.25, -0.2) is 8.78 Å². The normalized spacial score (nSPS) is 12.9. The molecule has 0 spiro atoms. The summed E-state index contributed by atoms with van der Waals surface area (Å²) in [6.45, 7) is 6.76. The van der Waals surface area contributed by atoms with Crippen molar-refractivity contribution in [3.8, 4) is 0 Å². The van der Waals surface area contributed by atoms with Gasteiger partial charge < -0.3 is 10.0 Å². The van der Waals surface area contributed by atoms with Gasteiger partial charge >= 0.3 is 0 Å². The minimum Gasteiger partial charge on any atom is -0.388 e. The number of rotatable bonds is 8. The third-order valence-corrected chi connectivity index (χ3v) is 3.33. The molecule has 1 rings (SSSR count). The highest BCUT2D eigenvalue weighted by molar-refractivity contribution is 5.21. The van der Waals surface area contributed by atoms with Crippen molar-refractivity contribution in [2.24, 2.45) is 0 Å². The second-order valence-electron chi connectivity index (χ2n) is 4.74. The summed E-state index contributed by atoms with van der Waals surface area (Å²) in [4.78, 5) is 2.21. The summed E-state index contributed by atoms with van der Waals surface area (Å²) in [5, 5.41) is 9.96. The Morgan fingerprint density at radius 2 is 1.95 bits per heavy atom. The molecule has 2 nitrogen and oxygen atoms in total. The number of hydrogen-bond acceptors (Lipinski definition) is 2. The average molecular weight is 271 g/mol. The van der Waals surface area contributed by atoms with E-state index in [1.807, 2.05) is 0 Å². The maximum atomic E-state index is 13.5. The smallest absolute Gasteiger partial charge is 0.164 e. The Balaban J connectivity index is 2.54. The lowest BCUT2D eigenvalue weighted by Crippen LogP contribution is -2.27. The Morgan fingerprint density at radius 1 is 1.21 bits per heavy atom. The fourth-order valence-electron chi connectivity index (χ4n) is 2.05. The Morgan fingerprint density at radius 3 is 2.58 bits per heavy atom. The zero-order valence-electron chi connectivity index (χ0n) is 11.7. The fraction of sp³-hybridized carbons (Fsp3) is 0.600. The van der Waals surface area contributed by atoms with E-state index >= 15 is 0 Å². The average Bonchev–Trinajstić information content (AvgIpc) is 2.42. The zero-order valence-corrected chi connectivity index (χ0v) is 11.7. The molecule has 108 valence electrons. The van der Waals surface area contributed by atoms with Crippen LogP contribution in [0, 0.1) is 11.6 Å². The van der Waals surface area contributed by atoms with Gasteiger partial charge in [0.05, 0.1) is 6.10 Å². The number of nitrogens with zero attached hydrogens (tertiary/aromatic N) is 1. The van der Waals surface area contributed by atoms with Gasteiger partial charge in [-0.15, -0.1) is 0 Å². The van der Waals surface area contributed by atoms with E-state index in [4.69, 9.17) is 0 Å². The second-order valence-corrected chi connectivity index (χ2v) is 4.74. The van der Waals surface area contributed by atoms with Gasteiger partial charge in [-0.05, 0) is 32.0 Å². The van der Waals surface area contributed by atoms with Crippen LogP contribution in [0.4, 0.5) is 8.78 Å². The van der Waals surface area contributed by atoms with E-state index in [0.717, 1.165) is 32.0 Å². The summed E-state index contributed by atoms with van der Waals surface area (Å²) in [7, 11) is 0. The quantitative estimate of drug-likeness (QED) is 0.782. The van der Waals surface area contributed by atoms with E-state index in [1.54, 1.807) is 0 Å². The molecular weight excluding hydrogens is 248 g/mol. The van der Waals surface area contributed by atoms with Gasteiger partial charge in [-0.1, -0.05) is 32.4 Å². The first-order chi connectivity index (χ1) is 9.10. The molecule has 1 aromatic rings. The maximum Gasteiger partial charge on any atom is 0.164 e. The van der Waals surface area contributed by atoms with Gasteiger partial charge in [0.2, 0.25) is 0 Å². The molecule has 1 unspecified atom stereocenters. The van der Waals surface area contributed by atoms with E-state index in [-0.39, 0.29) is 5.56 Å². The first-order valence-electron chi connectivity index (χ1n) is 6.94. The Bertz CT molecular complexity index is 384. The summed E-state index contributed by atoms with van der Waals surface area (Å²) in [5.41, 5.74) is 0.0477. The minimum atomic E-state index is -0.952. The van der Waals surface area contributed by atoms with E-state index in [2.05, 4.69) is 18.7 Å². The largest absolute Gasteiger partial charge is 0.388 e. The van der Waals surface area contributed by atoms with Crippen LogP contribution in [0.1, 0.15) is 44.8 Å². The van der Waals surface area contributed by atoms with E-state index in [9.17, 15) is 13.9 Å². The molecule has 0 aliphatic carbocycles. The first kappa shape index (κ1) is 16.1. The van der Waals surface area contributed by atoms with E-state index in [0.29, 0.717) is 13.0 Å². The fourth-order valence-corrected chi connectivity index (χ4v) is 2.05. The summed E-state index contributed by atoms with van der Waals surface area (Å²) in [6, 6.07) is 3.92. The van der Waals surface area contributed by atoms with Crippen molar-refractivity contribution in [1.29, 1.82) is 0 Å². The van der Waals surface area contributed by atoms with Crippen molar-refractivity contribution in [3.05, 3.63) is 35.4 Å². The van der Waals surface area contributed by atoms with Crippen molar-refractivity contribution in [2.45, 2.75) is 39.2 Å². The molecule has 0 aliphatic rings. The second kappa shape index (κ2) is 8.23. The van der Waals surface area contributed by atoms with Gasteiger partial charge in [-0.2, -0.15) is 0 Å². The zero-order chi connectivity index (χ0) is 14.3. The maximum absolute atomic E-state index is 13.5. The molecule has 4 heteroatoms. The van der Waals surface area contributed by atoms with Crippen LogP contribution >= 0.6 is 0 Å². The number of aliphatic hydroxyl groups is 1. The molecule has 1 atom stereocenters. The van der Waals surface area contributed by atoms with Gasteiger partial charge in [0.25, 0.3) is 0 Å². The summed E-state index contributed by atoms with van der Waals surface area (Å²) >= 11 is 0. The highest BCUT2D eigenvalue weighted by Crippen LogP contribution is 2.22. The number of unbranched alkanes of at least 4 members (excludes halogenated alkanes) is 1. The molecule has 0 bridgehead atoms. The van der Waals surface area contributed by atoms with Gasteiger partial charge in [-0.3, -0.25) is 0 Å². The third kappa shape index (κ3) is 4.88. The molecule has 1 aromatic carbocycles. The molecule has 0 heterocycles. The van der Waals surface area contributed by atoms with Crippen LogP contribution in [-0.2, 0) is 0 Å². The highest BCUT2D eigenvalue weighted by Gasteiger charge is 2.16. The lowest BCUT2D eigenvalue weighted by molar-refractivity contribution is 0.138. The molecule has 0 fully saturated rings. The predicted octanol–water partition coefficient (Wildman–Crippen LogP) is 3.51. The minimum absolute atomic E-state index is 0.0477. The Hall–Kier alpha value is -1.00. The van der Waals surface area contributed by atoms with E-state index in [1.165, 1.54) is 12.1 Å². The van der Waals surface area contributed by atoms with Crippen LogP contribution < -0.4 is 0 Å². The molecule has 0 saturated carbocycles. The Kier molecular flexibility index (Phi) is 6.95. The number of aliphatic hydroxyl groups excluding tert-OH is 1. The molecule has 0 saturated heterocycles. The van der Waals surface area contributed by atoms with Crippen molar-refractivity contribution in [2.75, 3.05) is 19.6 Å². The van der Waals surface area contributed by atoms with Crippen LogP contribution in [0.3, 0.4) is 0 Å². The molecular formula is C15H23F2NO. The van der Waals surface area contributed by atoms with Crippen molar-refractivity contribution < 1.29 is 13.9 Å². The predicted molar refractivity (Wildman–Crippen MR) is 73.0 cm³/mol. The Labute approximate surface area is 114 Å². The van der Waals surface area contributed by atoms with Crippen molar-refractivity contribution in [3.63, 3.8) is 0 Å². The molecule has 19 heavy (non-hydrogen) atoms. The topological polar surface area (TPSA) is 23.5 Å². The van der Waals surface area contributed by atoms with Crippen molar-refractivity contribution in [1.82, 2.24) is 4.90 Å². The lowest BCUT2D eigenvalue weighted by atomic mass is 10.1. The van der Waals surface area contributed by atoms with Crippen LogP contribution in [0.25, 0.3) is 0 Å². The van der Waals surface area contributed by atoms with Crippen molar-refractivity contribution >= 4 is 0 Å². The lowest BCUT2D eigenvalue weighted by Gasteiger charge is -2.22. The SMILES string of the molecule is CCCCN(CC)CCC(O)c1cccc(F)c1F. The molecule has 0 aromatic heterocycles. The van der Waals surface area contributed by atoms with Crippen LogP contribution in [0.2, 0.25) is 0 Å². The molecule has 1 N–H and O–H groups in total. The molecule has 0 amide bonds. The standard InChI is InChI=1S/C15H23F2NO/c1-3-5-10-18(4-2)11-9-14(19)12-7-6-8-13(16)15(12)17/h6-8,14,19H,3-5,9-11H2,1-2H3. The number of halogens is 2. The van der Waals surface area contributed by atoms with Crippen LogP contribution in [-0.4, -0.2) is 29.6 Å². The monoisotopic (exact) mass is 271 g/mol. The molecule has 0 radical (unpaired) electrons. The molecule has 0 aliphatic heterocycles. The number of hydrogen-bond donors (Lipinski definition) is 1. The number of benzene rings is 1. The summed E-state index contributed by atoms with van der Waals surface area (Å²) in [5.74, 6) is -1.85. The van der Waals surface area contributed by atoms with E-state index < -0.39 is 17.7 Å². The van der Waals surface area contributed by atoms with Gasteiger partial charge in [0, 0.05) is 12.1 Å². The highest BCUT2D eigenvalue weighted by atomic mass is 19.2. The third-order valence-electron chi connectivity index (χ3n) is 3.33. The van der Waals surface area contributed by atoms with Gasteiger partial charge in [0.15, 0.2) is 11.6 Å².